The number of aliphatic imine (C=N–C) groups is 1. The lowest BCUT2D eigenvalue weighted by Gasteiger charge is -2.20. The van der Waals surface area contributed by atoms with E-state index in [2.05, 4.69) is 33.6 Å². The summed E-state index contributed by atoms with van der Waals surface area (Å²) in [5, 5.41) is 16.4. The number of nitrogens with two attached hydrogens (primary N) is 4. The van der Waals surface area contributed by atoms with Gasteiger partial charge < -0.3 is 44.0 Å². The van der Waals surface area contributed by atoms with Crippen molar-refractivity contribution in [3.63, 3.8) is 0 Å². The van der Waals surface area contributed by atoms with Gasteiger partial charge in [-0.05, 0) is 38.6 Å². The third-order valence-electron chi connectivity index (χ3n) is 4.12. The van der Waals surface area contributed by atoms with Gasteiger partial charge in [0.15, 0.2) is 5.96 Å². The number of guanidine groups is 1. The second-order valence-electron chi connectivity index (χ2n) is 6.76. The molecule has 178 valence electrons. The summed E-state index contributed by atoms with van der Waals surface area (Å²) in [6.45, 7) is 0.337. The standard InChI is InChI=1S/C17H34N8O5S/c18-6-2-1-5-11(16(29)30)25-15(28)12(9-31)24-13(26)8-23-14(27)10(19)4-3-7-22-17(20)21/h10-12,31H,1-9,18-19H2,(H,23,27)(H,24,26)(H,25,28)(H,29,30)(H4,20,21,22). The Hall–Kier alpha value is -2.58. The molecule has 0 aromatic rings. The lowest BCUT2D eigenvalue weighted by molar-refractivity contribution is -0.142. The highest BCUT2D eigenvalue weighted by atomic mass is 32.1. The Morgan fingerprint density at radius 1 is 0.968 bits per heavy atom. The topological polar surface area (TPSA) is 241 Å². The van der Waals surface area contributed by atoms with E-state index >= 15 is 0 Å². The number of carbonyl (C=O) groups excluding carboxylic acids is 3. The van der Waals surface area contributed by atoms with E-state index in [9.17, 15) is 24.3 Å². The number of thiol groups is 1. The first-order valence-electron chi connectivity index (χ1n) is 9.84. The van der Waals surface area contributed by atoms with E-state index in [1.165, 1.54) is 0 Å². The smallest absolute Gasteiger partial charge is 0.326 e. The van der Waals surface area contributed by atoms with Crippen LogP contribution >= 0.6 is 12.6 Å². The molecule has 3 unspecified atom stereocenters. The first-order valence-corrected chi connectivity index (χ1v) is 10.5. The maximum absolute atomic E-state index is 12.3. The summed E-state index contributed by atoms with van der Waals surface area (Å²) in [5.74, 6) is -3.18. The number of amides is 3. The molecule has 0 heterocycles. The molecule has 0 aliphatic rings. The van der Waals surface area contributed by atoms with Gasteiger partial charge >= 0.3 is 5.97 Å². The normalized spacial score (nSPS) is 13.4. The summed E-state index contributed by atoms with van der Waals surface area (Å²) >= 11 is 4.02. The number of carbonyl (C=O) groups is 4. The van der Waals surface area contributed by atoms with Crippen molar-refractivity contribution < 1.29 is 24.3 Å². The summed E-state index contributed by atoms with van der Waals surface area (Å²) in [4.78, 5) is 51.4. The van der Waals surface area contributed by atoms with Crippen LogP contribution in [0.1, 0.15) is 32.1 Å². The van der Waals surface area contributed by atoms with Crippen molar-refractivity contribution in [2.75, 3.05) is 25.4 Å². The largest absolute Gasteiger partial charge is 0.480 e. The molecule has 0 saturated carbocycles. The van der Waals surface area contributed by atoms with Crippen LogP contribution in [-0.4, -0.2) is 78.3 Å². The molecule has 3 amide bonds. The van der Waals surface area contributed by atoms with Crippen molar-refractivity contribution in [3.8, 4) is 0 Å². The van der Waals surface area contributed by atoms with E-state index in [1.807, 2.05) is 0 Å². The van der Waals surface area contributed by atoms with Crippen LogP contribution in [-0.2, 0) is 19.2 Å². The molecule has 0 aliphatic heterocycles. The third-order valence-corrected chi connectivity index (χ3v) is 4.49. The highest BCUT2D eigenvalue weighted by molar-refractivity contribution is 7.80. The molecule has 0 spiro atoms. The van der Waals surface area contributed by atoms with E-state index in [0.717, 1.165) is 0 Å². The van der Waals surface area contributed by atoms with Crippen molar-refractivity contribution in [2.24, 2.45) is 27.9 Å². The number of carboxylic acids is 1. The molecule has 0 radical (unpaired) electrons. The highest BCUT2D eigenvalue weighted by Crippen LogP contribution is 2.02. The predicted molar refractivity (Wildman–Crippen MR) is 119 cm³/mol. The zero-order valence-corrected chi connectivity index (χ0v) is 18.3. The summed E-state index contributed by atoms with van der Waals surface area (Å²) < 4.78 is 0. The number of hydrogen-bond acceptors (Lipinski definition) is 8. The first-order chi connectivity index (χ1) is 14.6. The van der Waals surface area contributed by atoms with Crippen LogP contribution in [0.4, 0.5) is 0 Å². The van der Waals surface area contributed by atoms with E-state index in [0.29, 0.717) is 38.8 Å². The van der Waals surface area contributed by atoms with Gasteiger partial charge in [-0.2, -0.15) is 12.6 Å². The molecule has 12 N–H and O–H groups in total. The van der Waals surface area contributed by atoms with E-state index in [-0.39, 0.29) is 18.1 Å². The Morgan fingerprint density at radius 2 is 1.65 bits per heavy atom. The molecule has 0 saturated heterocycles. The maximum atomic E-state index is 12.3. The van der Waals surface area contributed by atoms with Crippen LogP contribution in [0.25, 0.3) is 0 Å². The predicted octanol–water partition coefficient (Wildman–Crippen LogP) is -3.40. The van der Waals surface area contributed by atoms with E-state index < -0.39 is 48.4 Å². The second-order valence-corrected chi connectivity index (χ2v) is 7.12. The van der Waals surface area contributed by atoms with Crippen molar-refractivity contribution in [1.82, 2.24) is 16.0 Å². The first kappa shape index (κ1) is 28.4. The average molecular weight is 463 g/mol. The van der Waals surface area contributed by atoms with Gasteiger partial charge in [-0.1, -0.05) is 0 Å². The monoisotopic (exact) mass is 462 g/mol. The molecule has 31 heavy (non-hydrogen) atoms. The van der Waals surface area contributed by atoms with Crippen molar-refractivity contribution in [1.29, 1.82) is 0 Å². The van der Waals surface area contributed by atoms with Gasteiger partial charge in [-0.25, -0.2) is 4.79 Å². The Kier molecular flexibility index (Phi) is 14.8. The lowest BCUT2D eigenvalue weighted by Crippen LogP contribution is -2.54. The fourth-order valence-corrected chi connectivity index (χ4v) is 2.67. The van der Waals surface area contributed by atoms with Crippen LogP contribution < -0.4 is 38.9 Å². The van der Waals surface area contributed by atoms with Crippen molar-refractivity contribution >= 4 is 42.3 Å². The summed E-state index contributed by atoms with van der Waals surface area (Å²) in [6.07, 6.45) is 2.16. The second kappa shape index (κ2) is 16.2. The molecular formula is C17H34N8O5S. The summed E-state index contributed by atoms with van der Waals surface area (Å²) in [7, 11) is 0. The average Bonchev–Trinajstić information content (AvgIpc) is 2.71. The van der Waals surface area contributed by atoms with Crippen LogP contribution in [0.15, 0.2) is 4.99 Å². The number of aliphatic carboxylic acids is 1. The maximum Gasteiger partial charge on any atom is 0.326 e. The van der Waals surface area contributed by atoms with Gasteiger partial charge in [0.2, 0.25) is 17.7 Å². The van der Waals surface area contributed by atoms with E-state index in [1.54, 1.807) is 0 Å². The van der Waals surface area contributed by atoms with Crippen molar-refractivity contribution in [3.05, 3.63) is 0 Å². The molecule has 0 bridgehead atoms. The minimum absolute atomic E-state index is 0.0530. The number of unbranched alkanes of at least 4 members (excludes halogenated alkanes) is 1. The number of nitrogens with zero attached hydrogens (tertiary/aromatic N) is 1. The van der Waals surface area contributed by atoms with Gasteiger partial charge in [0.1, 0.15) is 12.1 Å². The molecule has 13 nitrogen and oxygen atoms in total. The van der Waals surface area contributed by atoms with Crippen LogP contribution in [0.5, 0.6) is 0 Å². The van der Waals surface area contributed by atoms with Gasteiger partial charge in [-0.3, -0.25) is 19.4 Å². The van der Waals surface area contributed by atoms with Crippen molar-refractivity contribution in [2.45, 2.75) is 50.2 Å². The Bertz CT molecular complexity index is 630. The fraction of sp³-hybridized carbons (Fsp3) is 0.706. The van der Waals surface area contributed by atoms with Gasteiger partial charge in [0.25, 0.3) is 0 Å². The van der Waals surface area contributed by atoms with Gasteiger partial charge in [-0.15, -0.1) is 0 Å². The lowest BCUT2D eigenvalue weighted by atomic mass is 10.1. The minimum atomic E-state index is -1.18. The Morgan fingerprint density at radius 3 is 2.19 bits per heavy atom. The molecular weight excluding hydrogens is 428 g/mol. The number of nitrogens with one attached hydrogen (secondary N) is 3. The summed E-state index contributed by atoms with van der Waals surface area (Å²) in [6, 6.07) is -3.02. The molecule has 3 atom stereocenters. The molecule has 0 fully saturated rings. The molecule has 14 heteroatoms. The van der Waals surface area contributed by atoms with Crippen LogP contribution in [0, 0.1) is 0 Å². The van der Waals surface area contributed by atoms with Crippen LogP contribution in [0.3, 0.4) is 0 Å². The summed E-state index contributed by atoms with van der Waals surface area (Å²) in [5.41, 5.74) is 21.5. The number of hydrogen-bond donors (Lipinski definition) is 9. The Labute approximate surface area is 186 Å². The van der Waals surface area contributed by atoms with E-state index in [4.69, 9.17) is 22.9 Å². The van der Waals surface area contributed by atoms with Gasteiger partial charge in [0, 0.05) is 12.3 Å². The molecule has 0 aromatic carbocycles. The zero-order chi connectivity index (χ0) is 23.8. The quantitative estimate of drug-likeness (QED) is 0.0479. The van der Waals surface area contributed by atoms with Gasteiger partial charge in [0.05, 0.1) is 12.6 Å². The molecule has 0 aromatic heterocycles. The third kappa shape index (κ3) is 13.4. The minimum Gasteiger partial charge on any atom is -0.480 e. The Balaban J connectivity index is 4.48. The molecule has 0 aliphatic carbocycles. The SMILES string of the molecule is NCCCCC(NC(=O)C(CS)NC(=O)CNC(=O)C(N)CCCN=C(N)N)C(=O)O. The molecule has 0 rings (SSSR count). The number of carboxylic acid groups (broad SMARTS) is 1. The van der Waals surface area contributed by atoms with Crippen LogP contribution in [0.2, 0.25) is 0 Å². The highest BCUT2D eigenvalue weighted by Gasteiger charge is 2.25. The zero-order valence-electron chi connectivity index (χ0n) is 17.4. The number of rotatable bonds is 16. The fourth-order valence-electron chi connectivity index (χ4n) is 2.41.